The van der Waals surface area contributed by atoms with Gasteiger partial charge in [0.2, 0.25) is 11.8 Å². The molecule has 1 atom stereocenters. The van der Waals surface area contributed by atoms with E-state index in [0.29, 0.717) is 24.6 Å². The Balaban J connectivity index is 1.77. The Bertz CT molecular complexity index is 1650. The molecule has 1 N–H and O–H groups in total. The van der Waals surface area contributed by atoms with Crippen LogP contribution in [-0.2, 0) is 32.6 Å². The van der Waals surface area contributed by atoms with Gasteiger partial charge in [-0.15, -0.1) is 0 Å². The number of hydrogen-bond donors (Lipinski definition) is 1. The Kier molecular flexibility index (Phi) is 12.2. The number of benzene rings is 4. The van der Waals surface area contributed by atoms with Crippen molar-refractivity contribution in [3.8, 4) is 5.75 Å². The summed E-state index contributed by atoms with van der Waals surface area (Å²) in [5.41, 5.74) is 2.00. The lowest BCUT2D eigenvalue weighted by atomic mass is 10.0. The minimum absolute atomic E-state index is 0.0164. The largest absolute Gasteiger partial charge is 0.494 e. The van der Waals surface area contributed by atoms with Crippen molar-refractivity contribution in [2.45, 2.75) is 44.2 Å². The molecule has 4 aromatic rings. The van der Waals surface area contributed by atoms with E-state index in [2.05, 4.69) is 21.2 Å². The highest BCUT2D eigenvalue weighted by Gasteiger charge is 2.34. The molecule has 0 aliphatic heterocycles. The molecule has 8 nitrogen and oxygen atoms in total. The van der Waals surface area contributed by atoms with Crippen LogP contribution in [0.4, 0.5) is 5.69 Å². The molecule has 236 valence electrons. The average molecular weight is 693 g/mol. The lowest BCUT2D eigenvalue weighted by Crippen LogP contribution is -2.53. The maximum absolute atomic E-state index is 14.5. The van der Waals surface area contributed by atoms with Gasteiger partial charge in [0.25, 0.3) is 10.0 Å². The standard InChI is InChI=1S/C35H38BrN3O5S/c1-3-22-37-35(41)33(24-27-12-7-5-8-13-27)38(25-28-14-11-15-29(36)23-28)34(40)26-39(30-16-9-6-10-17-30)45(42,43)32-20-18-31(19-21-32)44-4-2/h5-21,23,33H,3-4,22,24-26H2,1-2H3,(H,37,41)/t33-/m1/s1. The first kappa shape index (κ1) is 33.7. The van der Waals surface area contributed by atoms with Crippen LogP contribution in [0.1, 0.15) is 31.4 Å². The van der Waals surface area contributed by atoms with Gasteiger partial charge >= 0.3 is 0 Å². The number of hydrogen-bond acceptors (Lipinski definition) is 5. The van der Waals surface area contributed by atoms with E-state index in [0.717, 1.165) is 26.3 Å². The van der Waals surface area contributed by atoms with Gasteiger partial charge in [0.05, 0.1) is 17.2 Å². The monoisotopic (exact) mass is 691 g/mol. The van der Waals surface area contributed by atoms with Gasteiger partial charge in [0.15, 0.2) is 0 Å². The van der Waals surface area contributed by atoms with Gasteiger partial charge in [0, 0.05) is 24.0 Å². The Morgan fingerprint density at radius 3 is 2.11 bits per heavy atom. The van der Waals surface area contributed by atoms with E-state index in [1.165, 1.54) is 17.0 Å². The summed E-state index contributed by atoms with van der Waals surface area (Å²) in [6.45, 7) is 4.29. The number of para-hydroxylation sites is 1. The second-order valence-electron chi connectivity index (χ2n) is 10.4. The van der Waals surface area contributed by atoms with Crippen LogP contribution in [0.25, 0.3) is 0 Å². The number of sulfonamides is 1. The molecule has 0 aromatic heterocycles. The number of nitrogens with zero attached hydrogens (tertiary/aromatic N) is 2. The normalized spacial score (nSPS) is 11.8. The first-order chi connectivity index (χ1) is 21.7. The summed E-state index contributed by atoms with van der Waals surface area (Å²) < 4.78 is 35.7. The van der Waals surface area contributed by atoms with Crippen LogP contribution in [0.5, 0.6) is 5.75 Å². The van der Waals surface area contributed by atoms with E-state index in [4.69, 9.17) is 4.74 Å². The van der Waals surface area contributed by atoms with Crippen molar-refractivity contribution in [1.29, 1.82) is 0 Å². The smallest absolute Gasteiger partial charge is 0.264 e. The summed E-state index contributed by atoms with van der Waals surface area (Å²) in [5.74, 6) is -0.272. The van der Waals surface area contributed by atoms with E-state index >= 15 is 0 Å². The van der Waals surface area contributed by atoms with Crippen molar-refractivity contribution < 1.29 is 22.7 Å². The Labute approximate surface area is 274 Å². The van der Waals surface area contributed by atoms with Gasteiger partial charge in [0.1, 0.15) is 18.3 Å². The van der Waals surface area contributed by atoms with E-state index in [-0.39, 0.29) is 23.8 Å². The van der Waals surface area contributed by atoms with E-state index in [1.807, 2.05) is 68.4 Å². The first-order valence-corrected chi connectivity index (χ1v) is 17.1. The van der Waals surface area contributed by atoms with Crippen molar-refractivity contribution in [2.24, 2.45) is 0 Å². The molecular formula is C35H38BrN3O5S. The summed E-state index contributed by atoms with van der Waals surface area (Å²) >= 11 is 3.50. The molecule has 0 spiro atoms. The van der Waals surface area contributed by atoms with Crippen molar-refractivity contribution in [3.05, 3.63) is 125 Å². The number of anilines is 1. The van der Waals surface area contributed by atoms with Crippen molar-refractivity contribution in [2.75, 3.05) is 24.0 Å². The topological polar surface area (TPSA) is 96.0 Å². The SMILES string of the molecule is CCCNC(=O)[C@@H](Cc1ccccc1)N(Cc1cccc(Br)c1)C(=O)CN(c1ccccc1)S(=O)(=O)c1ccc(OCC)cc1. The minimum Gasteiger partial charge on any atom is -0.494 e. The Morgan fingerprint density at radius 1 is 0.844 bits per heavy atom. The van der Waals surface area contributed by atoms with Gasteiger partial charge < -0.3 is 15.0 Å². The average Bonchev–Trinajstić information content (AvgIpc) is 3.05. The summed E-state index contributed by atoms with van der Waals surface area (Å²) in [5, 5.41) is 2.96. The Morgan fingerprint density at radius 2 is 1.49 bits per heavy atom. The van der Waals surface area contributed by atoms with E-state index in [1.54, 1.807) is 42.5 Å². The van der Waals surface area contributed by atoms with Gasteiger partial charge in [-0.2, -0.15) is 0 Å². The van der Waals surface area contributed by atoms with E-state index in [9.17, 15) is 18.0 Å². The zero-order valence-corrected chi connectivity index (χ0v) is 27.8. The molecule has 0 bridgehead atoms. The van der Waals surface area contributed by atoms with Crippen LogP contribution in [0.15, 0.2) is 119 Å². The molecule has 0 saturated heterocycles. The molecule has 0 heterocycles. The van der Waals surface area contributed by atoms with E-state index < -0.39 is 28.5 Å². The van der Waals surface area contributed by atoms with Crippen LogP contribution >= 0.6 is 15.9 Å². The zero-order valence-electron chi connectivity index (χ0n) is 25.4. The number of carbonyl (C=O) groups excluding carboxylic acids is 2. The Hall–Kier alpha value is -4.15. The predicted molar refractivity (Wildman–Crippen MR) is 181 cm³/mol. The van der Waals surface area contributed by atoms with Gasteiger partial charge in [-0.3, -0.25) is 13.9 Å². The molecule has 10 heteroatoms. The molecule has 0 fully saturated rings. The summed E-state index contributed by atoms with van der Waals surface area (Å²) in [4.78, 5) is 29.7. The third-order valence-corrected chi connectivity index (χ3v) is 9.39. The van der Waals surface area contributed by atoms with Crippen molar-refractivity contribution >= 4 is 43.5 Å². The molecule has 0 radical (unpaired) electrons. The van der Waals surface area contributed by atoms with Gasteiger partial charge in [-0.25, -0.2) is 8.42 Å². The number of rotatable bonds is 15. The third-order valence-electron chi connectivity index (χ3n) is 7.11. The fraction of sp³-hybridized carbons (Fsp3) is 0.257. The molecule has 45 heavy (non-hydrogen) atoms. The zero-order chi connectivity index (χ0) is 32.2. The highest BCUT2D eigenvalue weighted by Crippen LogP contribution is 2.26. The van der Waals surface area contributed by atoms with Gasteiger partial charge in [-0.1, -0.05) is 83.5 Å². The van der Waals surface area contributed by atoms with Crippen LogP contribution in [0.3, 0.4) is 0 Å². The fourth-order valence-corrected chi connectivity index (χ4v) is 6.74. The number of amides is 2. The van der Waals surface area contributed by atoms with Crippen molar-refractivity contribution in [1.82, 2.24) is 10.2 Å². The molecule has 4 rings (SSSR count). The van der Waals surface area contributed by atoms with Crippen LogP contribution < -0.4 is 14.4 Å². The molecule has 2 amide bonds. The predicted octanol–water partition coefficient (Wildman–Crippen LogP) is 6.21. The molecule has 0 unspecified atom stereocenters. The maximum Gasteiger partial charge on any atom is 0.264 e. The molecule has 0 aliphatic rings. The minimum atomic E-state index is -4.19. The second kappa shape index (κ2) is 16.2. The van der Waals surface area contributed by atoms with Crippen LogP contribution in [0.2, 0.25) is 0 Å². The van der Waals surface area contributed by atoms with Gasteiger partial charge in [-0.05, 0) is 73.0 Å². The van der Waals surface area contributed by atoms with Crippen molar-refractivity contribution in [3.63, 3.8) is 0 Å². The fourth-order valence-electron chi connectivity index (χ4n) is 4.88. The molecular weight excluding hydrogens is 654 g/mol. The van der Waals surface area contributed by atoms with Crippen LogP contribution in [-0.4, -0.2) is 50.9 Å². The second-order valence-corrected chi connectivity index (χ2v) is 13.2. The number of ether oxygens (including phenoxy) is 1. The number of nitrogens with one attached hydrogen (secondary N) is 1. The lowest BCUT2D eigenvalue weighted by molar-refractivity contribution is -0.140. The molecule has 0 aliphatic carbocycles. The summed E-state index contributed by atoms with van der Waals surface area (Å²) in [6, 6.07) is 30.7. The lowest BCUT2D eigenvalue weighted by Gasteiger charge is -2.34. The number of carbonyl (C=O) groups is 2. The highest BCUT2D eigenvalue weighted by molar-refractivity contribution is 9.10. The van der Waals surface area contributed by atoms with Crippen LogP contribution in [0, 0.1) is 0 Å². The molecule has 4 aromatic carbocycles. The highest BCUT2D eigenvalue weighted by atomic mass is 79.9. The summed E-state index contributed by atoms with van der Waals surface area (Å²) in [6.07, 6.45) is 0.985. The quantitative estimate of drug-likeness (QED) is 0.160. The first-order valence-electron chi connectivity index (χ1n) is 14.9. The summed E-state index contributed by atoms with van der Waals surface area (Å²) in [7, 11) is -4.19. The third kappa shape index (κ3) is 9.18. The molecule has 0 saturated carbocycles. The number of halogens is 1. The maximum atomic E-state index is 14.5.